The third-order valence-corrected chi connectivity index (χ3v) is 9.38. The Hall–Kier alpha value is -6.44. The highest BCUT2D eigenvalue weighted by atomic mass is 16.3. The van der Waals surface area contributed by atoms with E-state index in [1.165, 1.54) is 0 Å². The maximum Gasteiger partial charge on any atom is 0.136 e. The lowest BCUT2D eigenvalue weighted by atomic mass is 9.83. The third-order valence-electron chi connectivity index (χ3n) is 9.38. The first-order valence-corrected chi connectivity index (χ1v) is 16.1. The van der Waals surface area contributed by atoms with E-state index in [4.69, 9.17) is 12.6 Å². The van der Waals surface area contributed by atoms with Gasteiger partial charge in [0, 0.05) is 10.8 Å². The average Bonchev–Trinajstić information content (AvgIpc) is 3.67. The van der Waals surface area contributed by atoms with Crippen molar-refractivity contribution in [3.05, 3.63) is 182 Å². The van der Waals surface area contributed by atoms with Gasteiger partial charge >= 0.3 is 0 Å². The van der Waals surface area contributed by atoms with E-state index in [-0.39, 0.29) is 62.4 Å². The van der Waals surface area contributed by atoms with Crippen molar-refractivity contribution >= 4 is 54.3 Å². The monoisotopic (exact) mass is 631 g/mol. The van der Waals surface area contributed by atoms with E-state index >= 15 is 0 Å². The molecular formula is C48H30O. The first kappa shape index (κ1) is 20.0. The molecule has 0 atom stereocenters. The lowest BCUT2D eigenvalue weighted by Gasteiger charge is -2.20. The third kappa shape index (κ3) is 4.40. The van der Waals surface area contributed by atoms with Gasteiger partial charge < -0.3 is 4.42 Å². The lowest BCUT2D eigenvalue weighted by molar-refractivity contribution is 0.669. The Balaban J connectivity index is 1.32. The van der Waals surface area contributed by atoms with E-state index in [0.717, 1.165) is 54.9 Å². The van der Waals surface area contributed by atoms with Crippen molar-refractivity contribution in [1.82, 2.24) is 0 Å². The van der Waals surface area contributed by atoms with E-state index in [1.807, 2.05) is 78.9 Å². The SMILES string of the molecule is [2H]c1c([2H])c(-c2c3ccccc3c(-c3ccccc3-c3ccc(-c4ccccc4)cc3)c3ccccc23)c2c(oc3c([2H])c4c([2H])c([2H])c([2H])c([2H])c4c([2H])c32)c1[2H]. The molecule has 1 heteroatoms. The van der Waals surface area contributed by atoms with Crippen LogP contribution in [0.15, 0.2) is 186 Å². The second-order valence-electron chi connectivity index (χ2n) is 12.1. The molecule has 0 amide bonds. The summed E-state index contributed by atoms with van der Waals surface area (Å²) < 4.78 is 86.4. The fraction of sp³-hybridized carbons (Fsp3) is 0. The number of furan rings is 1. The summed E-state index contributed by atoms with van der Waals surface area (Å²) >= 11 is 0. The summed E-state index contributed by atoms with van der Waals surface area (Å²) in [6.45, 7) is 0. The van der Waals surface area contributed by atoms with E-state index in [0.29, 0.717) is 5.56 Å². The molecule has 0 aliphatic rings. The van der Waals surface area contributed by atoms with Gasteiger partial charge in [-0.05, 0) is 95.0 Å². The Bertz CT molecular complexity index is 3320. The number of benzene rings is 9. The second kappa shape index (κ2) is 11.1. The van der Waals surface area contributed by atoms with Crippen LogP contribution in [0.3, 0.4) is 0 Å². The fourth-order valence-electron chi connectivity index (χ4n) is 7.22. The van der Waals surface area contributed by atoms with Crippen LogP contribution in [0.1, 0.15) is 12.3 Å². The van der Waals surface area contributed by atoms with Crippen LogP contribution in [-0.2, 0) is 0 Å². The highest BCUT2D eigenvalue weighted by molar-refractivity contribution is 6.26. The summed E-state index contributed by atoms with van der Waals surface area (Å²) in [5.41, 5.74) is 6.86. The quantitative estimate of drug-likeness (QED) is 0.176. The van der Waals surface area contributed by atoms with Gasteiger partial charge in [0.2, 0.25) is 0 Å². The first-order chi connectivity index (χ1) is 28.1. The van der Waals surface area contributed by atoms with Crippen molar-refractivity contribution in [2.24, 2.45) is 0 Å². The molecule has 1 heterocycles. The molecule has 0 saturated carbocycles. The van der Waals surface area contributed by atoms with Crippen LogP contribution >= 0.6 is 0 Å². The highest BCUT2D eigenvalue weighted by Gasteiger charge is 2.21. The number of hydrogen-bond donors (Lipinski definition) is 0. The van der Waals surface area contributed by atoms with Gasteiger partial charge in [-0.25, -0.2) is 0 Å². The lowest BCUT2D eigenvalue weighted by Crippen LogP contribution is -1.93. The predicted molar refractivity (Wildman–Crippen MR) is 208 cm³/mol. The molecule has 0 radical (unpaired) electrons. The molecule has 0 N–H and O–H groups in total. The van der Waals surface area contributed by atoms with Gasteiger partial charge in [0.25, 0.3) is 0 Å². The predicted octanol–water partition coefficient (Wildman–Crippen LogP) is 13.7. The molecule has 0 bridgehead atoms. The Kier molecular flexibility index (Phi) is 4.53. The Labute approximate surface area is 297 Å². The average molecular weight is 632 g/mol. The van der Waals surface area contributed by atoms with Crippen molar-refractivity contribution in [2.45, 2.75) is 0 Å². The maximum absolute atomic E-state index is 9.51. The van der Waals surface area contributed by atoms with Crippen LogP contribution in [0.4, 0.5) is 0 Å². The number of fused-ring (bicyclic) bond motifs is 6. The van der Waals surface area contributed by atoms with Crippen molar-refractivity contribution in [3.63, 3.8) is 0 Å². The van der Waals surface area contributed by atoms with Crippen molar-refractivity contribution in [2.75, 3.05) is 0 Å². The Morgan fingerprint density at radius 1 is 0.367 bits per heavy atom. The van der Waals surface area contributed by atoms with Gasteiger partial charge in [-0.2, -0.15) is 0 Å². The molecule has 0 aliphatic heterocycles. The zero-order chi connectivity index (χ0) is 40.1. The van der Waals surface area contributed by atoms with Gasteiger partial charge in [0.1, 0.15) is 11.2 Å². The maximum atomic E-state index is 9.51. The van der Waals surface area contributed by atoms with Gasteiger partial charge in [-0.3, -0.25) is 0 Å². The number of rotatable bonds is 4. The Morgan fingerprint density at radius 2 is 0.898 bits per heavy atom. The molecule has 1 aromatic heterocycles. The largest absolute Gasteiger partial charge is 0.456 e. The molecule has 1 nitrogen and oxygen atoms in total. The highest BCUT2D eigenvalue weighted by Crippen LogP contribution is 2.48. The van der Waals surface area contributed by atoms with Crippen molar-refractivity contribution < 1.29 is 16.8 Å². The van der Waals surface area contributed by atoms with Crippen LogP contribution in [0.5, 0.6) is 0 Å². The smallest absolute Gasteiger partial charge is 0.136 e. The van der Waals surface area contributed by atoms with E-state index in [9.17, 15) is 4.11 Å². The molecule has 0 saturated heterocycles. The molecule has 0 unspecified atom stereocenters. The molecule has 0 aliphatic carbocycles. The van der Waals surface area contributed by atoms with Crippen LogP contribution in [0.2, 0.25) is 0 Å². The van der Waals surface area contributed by atoms with Crippen LogP contribution in [0, 0.1) is 0 Å². The summed E-state index contributed by atoms with van der Waals surface area (Å²) in [6, 6.07) is 39.1. The van der Waals surface area contributed by atoms with Gasteiger partial charge in [0.05, 0.1) is 12.3 Å². The second-order valence-corrected chi connectivity index (χ2v) is 12.1. The first-order valence-electron chi connectivity index (χ1n) is 20.6. The minimum absolute atomic E-state index is 0.0519. The van der Waals surface area contributed by atoms with Crippen LogP contribution < -0.4 is 0 Å². The molecule has 0 fully saturated rings. The molecule has 10 aromatic rings. The molecule has 9 aromatic carbocycles. The molecular weight excluding hydrogens is 593 g/mol. The van der Waals surface area contributed by atoms with Crippen LogP contribution in [-0.4, -0.2) is 0 Å². The summed E-state index contributed by atoms with van der Waals surface area (Å²) in [6.07, 6.45) is 0. The summed E-state index contributed by atoms with van der Waals surface area (Å²) in [4.78, 5) is 0. The topological polar surface area (TPSA) is 13.1 Å². The summed E-state index contributed by atoms with van der Waals surface area (Å²) in [7, 11) is 0. The van der Waals surface area contributed by atoms with Gasteiger partial charge in [0.15, 0.2) is 0 Å². The van der Waals surface area contributed by atoms with E-state index in [2.05, 4.69) is 48.5 Å². The van der Waals surface area contributed by atoms with Crippen molar-refractivity contribution in [1.29, 1.82) is 0 Å². The minimum Gasteiger partial charge on any atom is -0.456 e. The van der Waals surface area contributed by atoms with Gasteiger partial charge in [-0.1, -0.05) is 164 Å². The standard InChI is InChI=1S/C48H30O/c1-2-13-31(14-3-1)32-25-27-33(28-26-32)36-17-6-7-18-37(36)46-38-19-8-10-21-40(38)47(41-22-11-9-20-39(41)46)42-23-12-24-44-48(42)43-29-34-15-4-5-16-35(34)30-45(43)49-44/h1-30H/i4D,5D,12D,15D,16D,23D,24D,29D,30D. The van der Waals surface area contributed by atoms with Crippen molar-refractivity contribution in [3.8, 4) is 44.5 Å². The number of hydrogen-bond acceptors (Lipinski definition) is 1. The van der Waals surface area contributed by atoms with E-state index in [1.54, 1.807) is 0 Å². The summed E-state index contributed by atoms with van der Waals surface area (Å²) in [5.74, 6) is 0. The molecule has 10 rings (SSSR count). The normalized spacial score (nSPS) is 14.2. The zero-order valence-corrected chi connectivity index (χ0v) is 26.0. The minimum atomic E-state index is -0.534. The zero-order valence-electron chi connectivity index (χ0n) is 35.0. The molecule has 228 valence electrons. The Morgan fingerprint density at radius 3 is 1.57 bits per heavy atom. The molecule has 0 spiro atoms. The van der Waals surface area contributed by atoms with Crippen LogP contribution in [0.25, 0.3) is 98.8 Å². The van der Waals surface area contributed by atoms with Gasteiger partial charge in [-0.15, -0.1) is 0 Å². The van der Waals surface area contributed by atoms with E-state index < -0.39 is 30.2 Å². The fourth-order valence-corrected chi connectivity index (χ4v) is 7.22. The summed E-state index contributed by atoms with van der Waals surface area (Å²) in [5, 5.41) is 3.17. The molecule has 49 heavy (non-hydrogen) atoms.